The summed E-state index contributed by atoms with van der Waals surface area (Å²) in [7, 11) is 2.08. The molecule has 0 saturated carbocycles. The lowest BCUT2D eigenvalue weighted by Crippen LogP contribution is -2.30. The summed E-state index contributed by atoms with van der Waals surface area (Å²) < 4.78 is 0. The van der Waals surface area contributed by atoms with Crippen LogP contribution in [0.4, 0.5) is 5.95 Å². The SMILES string of the molecule is CN1CCCN(c2nccc(C(=O)O)n2)CC1. The van der Waals surface area contributed by atoms with Crippen LogP contribution < -0.4 is 4.90 Å². The molecule has 1 N–H and O–H groups in total. The number of carboxylic acid groups (broad SMARTS) is 1. The maximum Gasteiger partial charge on any atom is 0.354 e. The third-order valence-electron chi connectivity index (χ3n) is 2.86. The summed E-state index contributed by atoms with van der Waals surface area (Å²) in [6.07, 6.45) is 2.54. The second-order valence-corrected chi connectivity index (χ2v) is 4.19. The summed E-state index contributed by atoms with van der Waals surface area (Å²) in [5, 5.41) is 8.89. The number of likely N-dealkylation sites (N-methyl/N-ethyl adjacent to an activating group) is 1. The Morgan fingerprint density at radius 1 is 1.35 bits per heavy atom. The molecule has 2 heterocycles. The highest BCUT2D eigenvalue weighted by atomic mass is 16.4. The highest BCUT2D eigenvalue weighted by Crippen LogP contribution is 2.10. The van der Waals surface area contributed by atoms with Crippen LogP contribution in [0.15, 0.2) is 12.3 Å². The van der Waals surface area contributed by atoms with Crippen LogP contribution in [-0.2, 0) is 0 Å². The summed E-state index contributed by atoms with van der Waals surface area (Å²) in [6, 6.07) is 1.41. The van der Waals surface area contributed by atoms with Crippen molar-refractivity contribution in [3.8, 4) is 0 Å². The fraction of sp³-hybridized carbons (Fsp3) is 0.545. The second kappa shape index (κ2) is 5.09. The number of hydrogen-bond donors (Lipinski definition) is 1. The van der Waals surface area contributed by atoms with E-state index in [0.717, 1.165) is 32.6 Å². The number of carbonyl (C=O) groups is 1. The Hall–Kier alpha value is -1.69. The molecule has 1 aliphatic heterocycles. The van der Waals surface area contributed by atoms with Crippen molar-refractivity contribution in [2.75, 3.05) is 38.1 Å². The molecule has 17 heavy (non-hydrogen) atoms. The van der Waals surface area contributed by atoms with Crippen molar-refractivity contribution in [1.82, 2.24) is 14.9 Å². The Morgan fingerprint density at radius 3 is 2.94 bits per heavy atom. The average molecular weight is 236 g/mol. The van der Waals surface area contributed by atoms with Crippen LogP contribution >= 0.6 is 0 Å². The van der Waals surface area contributed by atoms with Crippen LogP contribution in [0.5, 0.6) is 0 Å². The van der Waals surface area contributed by atoms with Crippen molar-refractivity contribution in [3.05, 3.63) is 18.0 Å². The van der Waals surface area contributed by atoms with Gasteiger partial charge >= 0.3 is 5.97 Å². The number of aromatic carboxylic acids is 1. The molecule has 0 radical (unpaired) electrons. The number of anilines is 1. The first-order valence-corrected chi connectivity index (χ1v) is 5.66. The van der Waals surface area contributed by atoms with Crippen LogP contribution in [0.3, 0.4) is 0 Å². The zero-order valence-corrected chi connectivity index (χ0v) is 9.83. The Balaban J connectivity index is 2.15. The maximum atomic E-state index is 10.8. The van der Waals surface area contributed by atoms with Gasteiger partial charge in [0.05, 0.1) is 0 Å². The molecule has 1 aromatic rings. The maximum absolute atomic E-state index is 10.8. The lowest BCUT2D eigenvalue weighted by molar-refractivity contribution is 0.0690. The summed E-state index contributed by atoms with van der Waals surface area (Å²) >= 11 is 0. The van der Waals surface area contributed by atoms with Gasteiger partial charge in [0.25, 0.3) is 0 Å². The molecule has 6 nitrogen and oxygen atoms in total. The van der Waals surface area contributed by atoms with Crippen molar-refractivity contribution in [3.63, 3.8) is 0 Å². The van der Waals surface area contributed by atoms with E-state index < -0.39 is 5.97 Å². The molecule has 1 saturated heterocycles. The van der Waals surface area contributed by atoms with Crippen LogP contribution in [0.2, 0.25) is 0 Å². The molecule has 1 fully saturated rings. The van der Waals surface area contributed by atoms with Gasteiger partial charge in [-0.15, -0.1) is 0 Å². The fourth-order valence-electron chi connectivity index (χ4n) is 1.87. The molecular weight excluding hydrogens is 220 g/mol. The number of hydrogen-bond acceptors (Lipinski definition) is 5. The van der Waals surface area contributed by atoms with Gasteiger partial charge < -0.3 is 14.9 Å². The van der Waals surface area contributed by atoms with Crippen LogP contribution in [-0.4, -0.2) is 59.2 Å². The van der Waals surface area contributed by atoms with Crippen LogP contribution in [0.25, 0.3) is 0 Å². The van der Waals surface area contributed by atoms with Crippen LogP contribution in [0, 0.1) is 0 Å². The van der Waals surface area contributed by atoms with E-state index in [9.17, 15) is 4.79 Å². The van der Waals surface area contributed by atoms with E-state index in [1.807, 2.05) is 4.90 Å². The minimum atomic E-state index is -1.01. The second-order valence-electron chi connectivity index (χ2n) is 4.19. The normalized spacial score (nSPS) is 17.8. The molecule has 0 amide bonds. The molecule has 6 heteroatoms. The van der Waals surface area contributed by atoms with E-state index in [1.165, 1.54) is 12.3 Å². The smallest absolute Gasteiger partial charge is 0.354 e. The summed E-state index contributed by atoms with van der Waals surface area (Å²) in [6.45, 7) is 3.70. The number of aromatic nitrogens is 2. The van der Waals surface area contributed by atoms with Crippen molar-refractivity contribution >= 4 is 11.9 Å². The number of carboxylic acids is 1. The predicted octanol–water partition coefficient (Wildman–Crippen LogP) is 0.317. The van der Waals surface area contributed by atoms with E-state index in [4.69, 9.17) is 5.11 Å². The lowest BCUT2D eigenvalue weighted by Gasteiger charge is -2.20. The zero-order valence-electron chi connectivity index (χ0n) is 9.83. The van der Waals surface area contributed by atoms with Crippen molar-refractivity contribution in [2.24, 2.45) is 0 Å². The Labute approximate surface area is 99.9 Å². The van der Waals surface area contributed by atoms with Crippen molar-refractivity contribution in [1.29, 1.82) is 0 Å². The number of nitrogens with zero attached hydrogens (tertiary/aromatic N) is 4. The Kier molecular flexibility index (Phi) is 3.53. The van der Waals surface area contributed by atoms with Gasteiger partial charge in [-0.05, 0) is 26.1 Å². The highest BCUT2D eigenvalue weighted by Gasteiger charge is 2.16. The molecular formula is C11H16N4O2. The molecule has 92 valence electrons. The molecule has 0 atom stereocenters. The summed E-state index contributed by atoms with van der Waals surface area (Å²) in [5.41, 5.74) is 0.0487. The summed E-state index contributed by atoms with van der Waals surface area (Å²) in [5.74, 6) is -0.499. The lowest BCUT2D eigenvalue weighted by atomic mass is 10.4. The van der Waals surface area contributed by atoms with E-state index in [0.29, 0.717) is 5.95 Å². The topological polar surface area (TPSA) is 69.6 Å². The molecule has 1 aliphatic rings. The van der Waals surface area contributed by atoms with Gasteiger partial charge in [0.15, 0.2) is 5.69 Å². The first kappa shape index (κ1) is 11.8. The minimum Gasteiger partial charge on any atom is -0.477 e. The third kappa shape index (κ3) is 2.91. The Morgan fingerprint density at radius 2 is 2.18 bits per heavy atom. The van der Waals surface area contributed by atoms with Gasteiger partial charge in [-0.25, -0.2) is 14.8 Å². The molecule has 2 rings (SSSR count). The number of rotatable bonds is 2. The minimum absolute atomic E-state index is 0.0487. The van der Waals surface area contributed by atoms with Gasteiger partial charge in [-0.3, -0.25) is 0 Å². The van der Waals surface area contributed by atoms with Crippen molar-refractivity contribution < 1.29 is 9.90 Å². The largest absolute Gasteiger partial charge is 0.477 e. The van der Waals surface area contributed by atoms with Gasteiger partial charge in [0.1, 0.15) is 0 Å². The van der Waals surface area contributed by atoms with E-state index >= 15 is 0 Å². The predicted molar refractivity (Wildman–Crippen MR) is 63.3 cm³/mol. The highest BCUT2D eigenvalue weighted by molar-refractivity contribution is 5.85. The molecule has 0 aromatic carbocycles. The first-order valence-electron chi connectivity index (χ1n) is 5.66. The molecule has 0 spiro atoms. The Bertz CT molecular complexity index is 410. The van der Waals surface area contributed by atoms with Crippen LogP contribution in [0.1, 0.15) is 16.9 Å². The van der Waals surface area contributed by atoms with Crippen molar-refractivity contribution in [2.45, 2.75) is 6.42 Å². The first-order chi connectivity index (χ1) is 8.16. The monoisotopic (exact) mass is 236 g/mol. The fourth-order valence-corrected chi connectivity index (χ4v) is 1.87. The molecule has 0 unspecified atom stereocenters. The standard InChI is InChI=1S/C11H16N4O2/c1-14-5-2-6-15(8-7-14)11-12-4-3-9(13-11)10(16)17/h3-4H,2,5-8H2,1H3,(H,16,17). The van der Waals surface area contributed by atoms with Gasteiger partial charge in [0.2, 0.25) is 5.95 Å². The average Bonchev–Trinajstić information content (AvgIpc) is 2.54. The zero-order chi connectivity index (χ0) is 12.3. The van der Waals surface area contributed by atoms with E-state index in [-0.39, 0.29) is 5.69 Å². The molecule has 1 aromatic heterocycles. The van der Waals surface area contributed by atoms with Gasteiger partial charge in [-0.2, -0.15) is 0 Å². The summed E-state index contributed by atoms with van der Waals surface area (Å²) in [4.78, 5) is 23.3. The molecule has 0 aliphatic carbocycles. The van der Waals surface area contributed by atoms with E-state index in [1.54, 1.807) is 0 Å². The van der Waals surface area contributed by atoms with Gasteiger partial charge in [0, 0.05) is 25.8 Å². The van der Waals surface area contributed by atoms with E-state index in [2.05, 4.69) is 21.9 Å². The third-order valence-corrected chi connectivity index (χ3v) is 2.86. The quantitative estimate of drug-likeness (QED) is 0.797. The molecule has 0 bridgehead atoms. The van der Waals surface area contributed by atoms with Gasteiger partial charge in [-0.1, -0.05) is 0 Å².